The minimum atomic E-state index is -0.146. The third-order valence-electron chi connectivity index (χ3n) is 4.27. The molecule has 0 spiro atoms. The van der Waals surface area contributed by atoms with E-state index in [1.165, 1.54) is 0 Å². The van der Waals surface area contributed by atoms with Crippen LogP contribution in [-0.4, -0.2) is 51.5 Å². The normalized spacial score (nSPS) is 20.5. The molecule has 0 amide bonds. The Morgan fingerprint density at radius 3 is 2.88 bits per heavy atom. The lowest BCUT2D eigenvalue weighted by atomic mass is 9.93. The molecule has 3 rings (SSSR count). The number of aliphatic hydroxyl groups excluding tert-OH is 1. The zero-order valence-corrected chi connectivity index (χ0v) is 17.3. The summed E-state index contributed by atoms with van der Waals surface area (Å²) in [5.41, 5.74) is 0. The minimum absolute atomic E-state index is 0. The summed E-state index contributed by atoms with van der Waals surface area (Å²) in [4.78, 5) is 9.04. The van der Waals surface area contributed by atoms with Gasteiger partial charge < -0.3 is 20.2 Å². The van der Waals surface area contributed by atoms with Crippen molar-refractivity contribution in [2.75, 3.05) is 13.1 Å². The highest BCUT2D eigenvalue weighted by atomic mass is 127. The van der Waals surface area contributed by atoms with Crippen molar-refractivity contribution >= 4 is 29.9 Å². The number of hydrogen-bond acceptors (Lipinski definition) is 5. The zero-order valence-electron chi connectivity index (χ0n) is 14.9. The van der Waals surface area contributed by atoms with Gasteiger partial charge in [0.15, 0.2) is 11.7 Å². The first-order valence-corrected chi connectivity index (χ1v) is 8.92. The van der Waals surface area contributed by atoms with Gasteiger partial charge in [0.05, 0.1) is 12.4 Å². The van der Waals surface area contributed by atoms with E-state index in [0.717, 1.165) is 44.0 Å². The number of halogens is 1. The van der Waals surface area contributed by atoms with Crippen LogP contribution >= 0.6 is 24.0 Å². The van der Waals surface area contributed by atoms with Crippen LogP contribution in [0.4, 0.5) is 0 Å². The van der Waals surface area contributed by atoms with E-state index in [1.54, 1.807) is 6.26 Å². The maximum atomic E-state index is 9.61. The molecule has 4 N–H and O–H groups in total. The standard InChI is InChI=1S/C17H26N6O2.HI/c1-2-18-17(20-12-5-7-13(24)8-6-12)19-10-9-15-21-16(23-22-15)14-4-3-11-25-14;/h3-4,11-13,24H,2,5-10H2,1H3,(H2,18,19,20)(H,21,22,23);1H. The van der Waals surface area contributed by atoms with Crippen molar-refractivity contribution < 1.29 is 9.52 Å². The summed E-state index contributed by atoms with van der Waals surface area (Å²) < 4.78 is 5.29. The van der Waals surface area contributed by atoms with Gasteiger partial charge in [0.1, 0.15) is 5.82 Å². The van der Waals surface area contributed by atoms with Crippen LogP contribution in [0.5, 0.6) is 0 Å². The molecule has 0 unspecified atom stereocenters. The summed E-state index contributed by atoms with van der Waals surface area (Å²) in [6.07, 6.45) is 5.78. The number of aromatic nitrogens is 3. The van der Waals surface area contributed by atoms with Gasteiger partial charge in [-0.05, 0) is 44.7 Å². The first-order valence-electron chi connectivity index (χ1n) is 8.92. The molecule has 9 heteroatoms. The van der Waals surface area contributed by atoms with Gasteiger partial charge in [-0.3, -0.25) is 10.1 Å². The third-order valence-corrected chi connectivity index (χ3v) is 4.27. The SMILES string of the molecule is CCNC(=NCCc1nc(-c2ccco2)n[nH]1)NC1CCC(O)CC1.I. The highest BCUT2D eigenvalue weighted by molar-refractivity contribution is 14.0. The molecule has 0 bridgehead atoms. The van der Waals surface area contributed by atoms with E-state index >= 15 is 0 Å². The number of aliphatic imine (C=N–C) groups is 1. The molecule has 2 heterocycles. The van der Waals surface area contributed by atoms with Crippen LogP contribution in [-0.2, 0) is 6.42 Å². The molecule has 0 atom stereocenters. The number of nitrogens with one attached hydrogen (secondary N) is 3. The summed E-state index contributed by atoms with van der Waals surface area (Å²) in [5, 5.41) is 23.4. The Morgan fingerprint density at radius 2 is 2.19 bits per heavy atom. The Bertz CT molecular complexity index is 665. The molecule has 0 aliphatic heterocycles. The van der Waals surface area contributed by atoms with Crippen molar-refractivity contribution in [1.82, 2.24) is 25.8 Å². The predicted octanol–water partition coefficient (Wildman–Crippen LogP) is 2.08. The van der Waals surface area contributed by atoms with Gasteiger partial charge in [-0.2, -0.15) is 5.10 Å². The maximum absolute atomic E-state index is 9.61. The highest BCUT2D eigenvalue weighted by Gasteiger charge is 2.19. The summed E-state index contributed by atoms with van der Waals surface area (Å²) in [6.45, 7) is 3.47. The van der Waals surface area contributed by atoms with E-state index in [-0.39, 0.29) is 30.1 Å². The molecule has 26 heavy (non-hydrogen) atoms. The van der Waals surface area contributed by atoms with E-state index in [1.807, 2.05) is 19.1 Å². The molecular weight excluding hydrogens is 447 g/mol. The molecule has 1 aliphatic carbocycles. The Morgan fingerprint density at radius 1 is 1.38 bits per heavy atom. The van der Waals surface area contributed by atoms with Crippen molar-refractivity contribution in [3.8, 4) is 11.6 Å². The maximum Gasteiger partial charge on any atom is 0.216 e. The summed E-state index contributed by atoms with van der Waals surface area (Å²) in [5.74, 6) is 2.82. The minimum Gasteiger partial charge on any atom is -0.461 e. The number of furan rings is 1. The smallest absolute Gasteiger partial charge is 0.216 e. The average Bonchev–Trinajstić information content (AvgIpc) is 3.28. The number of rotatable bonds is 6. The molecule has 2 aromatic rings. The fraction of sp³-hybridized carbons (Fsp3) is 0.588. The van der Waals surface area contributed by atoms with E-state index in [9.17, 15) is 5.11 Å². The molecular formula is C17H27IN6O2. The Hall–Kier alpha value is -1.62. The second-order valence-electron chi connectivity index (χ2n) is 6.24. The molecule has 1 aliphatic rings. The molecule has 0 radical (unpaired) electrons. The molecule has 8 nitrogen and oxygen atoms in total. The van der Waals surface area contributed by atoms with Crippen LogP contribution in [0.25, 0.3) is 11.6 Å². The van der Waals surface area contributed by atoms with Crippen molar-refractivity contribution in [3.63, 3.8) is 0 Å². The van der Waals surface area contributed by atoms with E-state index in [4.69, 9.17) is 4.42 Å². The van der Waals surface area contributed by atoms with Gasteiger partial charge in [-0.25, -0.2) is 4.98 Å². The first-order chi connectivity index (χ1) is 12.2. The molecule has 1 fully saturated rings. The zero-order chi connectivity index (χ0) is 17.5. The topological polar surface area (TPSA) is 111 Å². The molecule has 144 valence electrons. The Balaban J connectivity index is 0.00000243. The molecule has 0 aromatic carbocycles. The number of H-pyrrole nitrogens is 1. The largest absolute Gasteiger partial charge is 0.461 e. The lowest BCUT2D eigenvalue weighted by Gasteiger charge is -2.27. The van der Waals surface area contributed by atoms with Crippen molar-refractivity contribution in [2.24, 2.45) is 4.99 Å². The molecule has 0 saturated heterocycles. The van der Waals surface area contributed by atoms with E-state index < -0.39 is 0 Å². The van der Waals surface area contributed by atoms with Gasteiger partial charge in [0, 0.05) is 25.6 Å². The van der Waals surface area contributed by atoms with Gasteiger partial charge >= 0.3 is 0 Å². The van der Waals surface area contributed by atoms with Crippen LogP contribution in [0.2, 0.25) is 0 Å². The monoisotopic (exact) mass is 474 g/mol. The quantitative estimate of drug-likeness (QED) is 0.290. The number of aliphatic hydroxyl groups is 1. The summed E-state index contributed by atoms with van der Waals surface area (Å²) >= 11 is 0. The van der Waals surface area contributed by atoms with Gasteiger partial charge in [0.25, 0.3) is 0 Å². The molecule has 2 aromatic heterocycles. The van der Waals surface area contributed by atoms with Gasteiger partial charge in [-0.1, -0.05) is 0 Å². The van der Waals surface area contributed by atoms with Crippen molar-refractivity contribution in [3.05, 3.63) is 24.2 Å². The Kier molecular flexibility index (Phi) is 8.36. The summed E-state index contributed by atoms with van der Waals surface area (Å²) in [6, 6.07) is 4.02. The second-order valence-corrected chi connectivity index (χ2v) is 6.24. The number of nitrogens with zero attached hydrogens (tertiary/aromatic N) is 3. The van der Waals surface area contributed by atoms with Crippen molar-refractivity contribution in [2.45, 2.75) is 51.2 Å². The predicted molar refractivity (Wildman–Crippen MR) is 111 cm³/mol. The van der Waals surface area contributed by atoms with E-state index in [0.29, 0.717) is 30.6 Å². The molecule has 1 saturated carbocycles. The number of guanidine groups is 1. The van der Waals surface area contributed by atoms with E-state index in [2.05, 4.69) is 30.8 Å². The van der Waals surface area contributed by atoms with Gasteiger partial charge in [-0.15, -0.1) is 24.0 Å². The lowest BCUT2D eigenvalue weighted by Crippen LogP contribution is -2.45. The average molecular weight is 474 g/mol. The van der Waals surface area contributed by atoms with Crippen molar-refractivity contribution in [1.29, 1.82) is 0 Å². The highest BCUT2D eigenvalue weighted by Crippen LogP contribution is 2.18. The van der Waals surface area contributed by atoms with Crippen LogP contribution < -0.4 is 10.6 Å². The fourth-order valence-corrected chi connectivity index (χ4v) is 2.93. The number of aromatic amines is 1. The third kappa shape index (κ3) is 5.97. The van der Waals surface area contributed by atoms with Crippen LogP contribution in [0.3, 0.4) is 0 Å². The summed E-state index contributed by atoms with van der Waals surface area (Å²) in [7, 11) is 0. The van der Waals surface area contributed by atoms with Gasteiger partial charge in [0.2, 0.25) is 5.82 Å². The van der Waals surface area contributed by atoms with Crippen LogP contribution in [0.15, 0.2) is 27.8 Å². The fourth-order valence-electron chi connectivity index (χ4n) is 2.93. The Labute approximate surface area is 170 Å². The lowest BCUT2D eigenvalue weighted by molar-refractivity contribution is 0.120. The number of hydrogen-bond donors (Lipinski definition) is 4. The second kappa shape index (κ2) is 10.5. The first kappa shape index (κ1) is 20.7. The van der Waals surface area contributed by atoms with Crippen LogP contribution in [0, 0.1) is 0 Å². The van der Waals surface area contributed by atoms with Crippen LogP contribution in [0.1, 0.15) is 38.4 Å².